The molecule has 0 saturated heterocycles. The molecule has 8 heteroatoms. The van der Waals surface area contributed by atoms with Gasteiger partial charge in [-0.05, 0) is 18.4 Å². The quantitative estimate of drug-likeness (QED) is 0.565. The van der Waals surface area contributed by atoms with Gasteiger partial charge in [-0.1, -0.05) is 25.6 Å². The monoisotopic (exact) mass is 350 g/mol. The highest BCUT2D eigenvalue weighted by molar-refractivity contribution is 7.98. The molecule has 0 atom stereocenters. The van der Waals surface area contributed by atoms with Gasteiger partial charge in [-0.25, -0.2) is 0 Å². The van der Waals surface area contributed by atoms with Crippen LogP contribution in [0.4, 0.5) is 0 Å². The third kappa shape index (κ3) is 3.64. The van der Waals surface area contributed by atoms with Crippen molar-refractivity contribution in [2.75, 3.05) is 27.6 Å². The van der Waals surface area contributed by atoms with Crippen LogP contribution in [0.15, 0.2) is 22.4 Å². The molecule has 130 valence electrons. The molecular formula is C16H22N4O3S. The second-order valence-corrected chi connectivity index (χ2v) is 5.99. The van der Waals surface area contributed by atoms with Crippen molar-refractivity contribution < 1.29 is 14.2 Å². The molecule has 0 fully saturated rings. The first-order chi connectivity index (χ1) is 11.5. The van der Waals surface area contributed by atoms with E-state index in [1.807, 2.05) is 18.4 Å². The Morgan fingerprint density at radius 2 is 1.71 bits per heavy atom. The van der Waals surface area contributed by atoms with E-state index in [-0.39, 0.29) is 5.92 Å². The molecule has 0 unspecified atom stereocenters. The van der Waals surface area contributed by atoms with Crippen LogP contribution in [-0.2, 0) is 0 Å². The molecule has 0 aliphatic carbocycles. The minimum atomic E-state index is 0.218. The van der Waals surface area contributed by atoms with E-state index in [1.165, 1.54) is 11.8 Å². The molecule has 0 N–H and O–H groups in total. The summed E-state index contributed by atoms with van der Waals surface area (Å²) in [6, 6.07) is 3.67. The Morgan fingerprint density at radius 1 is 1.08 bits per heavy atom. The van der Waals surface area contributed by atoms with Gasteiger partial charge in [0, 0.05) is 11.5 Å². The highest BCUT2D eigenvalue weighted by Crippen LogP contribution is 2.37. The number of methoxy groups -OCH3 is 3. The fourth-order valence-corrected chi connectivity index (χ4v) is 2.61. The van der Waals surface area contributed by atoms with Crippen molar-refractivity contribution in [2.45, 2.75) is 24.9 Å². The smallest absolute Gasteiger partial charge is 0.211 e. The van der Waals surface area contributed by atoms with E-state index in [1.54, 1.807) is 32.2 Å². The Hall–Kier alpha value is -2.22. The van der Waals surface area contributed by atoms with Crippen molar-refractivity contribution >= 4 is 18.0 Å². The average molecular weight is 350 g/mol. The fourth-order valence-electron chi connectivity index (χ4n) is 2.17. The summed E-state index contributed by atoms with van der Waals surface area (Å²) in [6.45, 7) is 4.11. The summed E-state index contributed by atoms with van der Waals surface area (Å²) in [4.78, 5) is 0. The largest absolute Gasteiger partial charge is 0.493 e. The summed E-state index contributed by atoms with van der Waals surface area (Å²) in [5.74, 6) is 2.74. The van der Waals surface area contributed by atoms with Crippen molar-refractivity contribution in [1.29, 1.82) is 0 Å². The van der Waals surface area contributed by atoms with E-state index in [0.29, 0.717) is 17.2 Å². The summed E-state index contributed by atoms with van der Waals surface area (Å²) < 4.78 is 17.8. The second kappa shape index (κ2) is 8.05. The van der Waals surface area contributed by atoms with Crippen molar-refractivity contribution in [3.8, 4) is 17.2 Å². The van der Waals surface area contributed by atoms with Gasteiger partial charge in [0.25, 0.3) is 0 Å². The molecule has 24 heavy (non-hydrogen) atoms. The first-order valence-corrected chi connectivity index (χ1v) is 8.61. The van der Waals surface area contributed by atoms with Crippen molar-refractivity contribution in [1.82, 2.24) is 14.9 Å². The average Bonchev–Trinajstić information content (AvgIpc) is 3.01. The number of ether oxygens (including phenoxy) is 3. The Kier molecular flexibility index (Phi) is 6.08. The lowest BCUT2D eigenvalue weighted by molar-refractivity contribution is 0.324. The van der Waals surface area contributed by atoms with Crippen molar-refractivity contribution in [2.24, 2.45) is 5.10 Å². The van der Waals surface area contributed by atoms with Gasteiger partial charge in [0.05, 0.1) is 27.5 Å². The van der Waals surface area contributed by atoms with Gasteiger partial charge in [0.2, 0.25) is 10.9 Å². The van der Waals surface area contributed by atoms with E-state index in [4.69, 9.17) is 14.2 Å². The van der Waals surface area contributed by atoms with Gasteiger partial charge in [0.15, 0.2) is 17.3 Å². The maximum atomic E-state index is 5.36. The molecule has 0 aliphatic rings. The molecule has 1 aromatic carbocycles. The minimum Gasteiger partial charge on any atom is -0.493 e. The summed E-state index contributed by atoms with van der Waals surface area (Å²) >= 11 is 1.50. The number of nitrogens with zero attached hydrogens (tertiary/aromatic N) is 4. The highest BCUT2D eigenvalue weighted by Gasteiger charge is 2.15. The molecule has 0 amide bonds. The van der Waals surface area contributed by atoms with Crippen LogP contribution in [0.5, 0.6) is 17.2 Å². The van der Waals surface area contributed by atoms with Crippen LogP contribution in [0.2, 0.25) is 0 Å². The van der Waals surface area contributed by atoms with Crippen LogP contribution >= 0.6 is 11.8 Å². The molecule has 7 nitrogen and oxygen atoms in total. The first-order valence-electron chi connectivity index (χ1n) is 7.39. The number of hydrogen-bond acceptors (Lipinski definition) is 7. The number of rotatable bonds is 7. The lowest BCUT2D eigenvalue weighted by atomic mass is 10.2. The third-order valence-electron chi connectivity index (χ3n) is 3.34. The Labute approximate surface area is 146 Å². The normalized spacial score (nSPS) is 11.3. The third-order valence-corrected chi connectivity index (χ3v) is 3.96. The molecule has 1 aromatic heterocycles. The molecule has 0 aliphatic heterocycles. The molecule has 0 radical (unpaired) electrons. The molecule has 0 saturated carbocycles. The van der Waals surface area contributed by atoms with Gasteiger partial charge in [0.1, 0.15) is 0 Å². The summed E-state index contributed by atoms with van der Waals surface area (Å²) in [5.41, 5.74) is 0.819. The standard InChI is InChI=1S/C16H22N4O3S/c1-10(2)15-18-19-16(24-6)20(15)17-9-11-7-12(21-3)14(23-5)13(8-11)22-4/h7-10H,1-6H3/b17-9-. The zero-order valence-corrected chi connectivity index (χ0v) is 15.5. The maximum Gasteiger partial charge on any atom is 0.211 e. The van der Waals surface area contributed by atoms with E-state index in [0.717, 1.165) is 16.5 Å². The van der Waals surface area contributed by atoms with Gasteiger partial charge in [-0.3, -0.25) is 0 Å². The van der Waals surface area contributed by atoms with Gasteiger partial charge >= 0.3 is 0 Å². The van der Waals surface area contributed by atoms with Crippen LogP contribution in [0.1, 0.15) is 31.2 Å². The fraction of sp³-hybridized carbons (Fsp3) is 0.438. The van der Waals surface area contributed by atoms with E-state index < -0.39 is 0 Å². The van der Waals surface area contributed by atoms with Crippen molar-refractivity contribution in [3.05, 3.63) is 23.5 Å². The van der Waals surface area contributed by atoms with Gasteiger partial charge in [-0.2, -0.15) is 9.78 Å². The summed E-state index contributed by atoms with van der Waals surface area (Å²) in [5, 5.41) is 13.6. The molecule has 0 spiro atoms. The minimum absolute atomic E-state index is 0.218. The highest BCUT2D eigenvalue weighted by atomic mass is 32.2. The van der Waals surface area contributed by atoms with Crippen LogP contribution in [0.3, 0.4) is 0 Å². The van der Waals surface area contributed by atoms with Crippen LogP contribution in [-0.4, -0.2) is 48.7 Å². The topological polar surface area (TPSA) is 70.8 Å². The molecular weight excluding hydrogens is 328 g/mol. The zero-order valence-electron chi connectivity index (χ0n) is 14.7. The Balaban J connectivity index is 2.44. The lowest BCUT2D eigenvalue weighted by Crippen LogP contribution is -2.02. The predicted molar refractivity (Wildman–Crippen MR) is 95.0 cm³/mol. The SMILES string of the molecule is COc1cc(/C=N\n2c(SC)nnc2C(C)C)cc(OC)c1OC. The molecule has 1 heterocycles. The first kappa shape index (κ1) is 18.1. The van der Waals surface area contributed by atoms with E-state index in [2.05, 4.69) is 29.1 Å². The molecule has 2 aromatic rings. The maximum absolute atomic E-state index is 5.36. The zero-order chi connectivity index (χ0) is 17.7. The van der Waals surface area contributed by atoms with Crippen LogP contribution in [0, 0.1) is 0 Å². The summed E-state index contributed by atoms with van der Waals surface area (Å²) in [7, 11) is 4.74. The molecule has 0 bridgehead atoms. The Bertz CT molecular complexity index is 703. The number of thioether (sulfide) groups is 1. The summed E-state index contributed by atoms with van der Waals surface area (Å²) in [6.07, 6.45) is 3.67. The number of benzene rings is 1. The van der Waals surface area contributed by atoms with Crippen LogP contribution < -0.4 is 14.2 Å². The van der Waals surface area contributed by atoms with E-state index in [9.17, 15) is 0 Å². The molecule has 2 rings (SSSR count). The van der Waals surface area contributed by atoms with Crippen LogP contribution in [0.25, 0.3) is 0 Å². The van der Waals surface area contributed by atoms with E-state index >= 15 is 0 Å². The predicted octanol–water partition coefficient (Wildman–Crippen LogP) is 3.03. The lowest BCUT2D eigenvalue weighted by Gasteiger charge is -2.12. The van der Waals surface area contributed by atoms with Gasteiger partial charge < -0.3 is 14.2 Å². The Morgan fingerprint density at radius 3 is 2.17 bits per heavy atom. The van der Waals surface area contributed by atoms with Crippen molar-refractivity contribution in [3.63, 3.8) is 0 Å². The second-order valence-electron chi connectivity index (χ2n) is 5.21. The van der Waals surface area contributed by atoms with Gasteiger partial charge in [-0.15, -0.1) is 10.2 Å². The number of aromatic nitrogens is 3. The number of hydrogen-bond donors (Lipinski definition) is 0.